The molecule has 1 N–H and O–H groups in total. The van der Waals surface area contributed by atoms with Crippen LogP contribution in [0.15, 0.2) is 29.8 Å². The van der Waals surface area contributed by atoms with E-state index >= 15 is 0 Å². The molecule has 0 radical (unpaired) electrons. The fourth-order valence-corrected chi connectivity index (χ4v) is 2.27. The van der Waals surface area contributed by atoms with Gasteiger partial charge in [0.15, 0.2) is 5.78 Å². The van der Waals surface area contributed by atoms with Gasteiger partial charge in [0.25, 0.3) is 5.69 Å². The van der Waals surface area contributed by atoms with Gasteiger partial charge in [-0.15, -0.1) is 0 Å². The van der Waals surface area contributed by atoms with E-state index in [0.717, 1.165) is 0 Å². The van der Waals surface area contributed by atoms with Gasteiger partial charge in [0.2, 0.25) is 0 Å². The highest BCUT2D eigenvalue weighted by atomic mass is 16.6. The maximum absolute atomic E-state index is 12.2. The summed E-state index contributed by atoms with van der Waals surface area (Å²) in [6.45, 7) is 1.73. The zero-order valence-corrected chi connectivity index (χ0v) is 11.5. The smallest absolute Gasteiger partial charge is 0.339 e. The molecule has 0 amide bonds. The number of rotatable bonds is 6. The van der Waals surface area contributed by atoms with Crippen molar-refractivity contribution < 1.29 is 19.6 Å². The summed E-state index contributed by atoms with van der Waals surface area (Å²) in [5, 5.41) is 20.2. The zero-order chi connectivity index (χ0) is 15.6. The molecule has 1 saturated carbocycles. The molecule has 0 unspecified atom stereocenters. The third kappa shape index (κ3) is 3.16. The fraction of sp³-hybridized carbons (Fsp3) is 0.333. The number of carbonyl (C=O) groups excluding carboxylic acids is 1. The number of hydrogen-bond acceptors (Lipinski definition) is 4. The Morgan fingerprint density at radius 1 is 1.38 bits per heavy atom. The van der Waals surface area contributed by atoms with E-state index in [2.05, 4.69) is 0 Å². The van der Waals surface area contributed by atoms with Crippen LogP contribution in [0.1, 0.15) is 31.7 Å². The Labute approximate surface area is 121 Å². The van der Waals surface area contributed by atoms with E-state index < -0.39 is 10.9 Å². The number of nitro benzene ring substituents is 1. The fourth-order valence-electron chi connectivity index (χ4n) is 2.27. The molecule has 110 valence electrons. The first-order chi connectivity index (χ1) is 9.95. The van der Waals surface area contributed by atoms with E-state index in [1.54, 1.807) is 13.0 Å². The average molecular weight is 289 g/mol. The maximum atomic E-state index is 12.2. The van der Waals surface area contributed by atoms with Crippen LogP contribution in [0.4, 0.5) is 5.69 Å². The van der Waals surface area contributed by atoms with Crippen molar-refractivity contribution in [2.75, 3.05) is 0 Å². The zero-order valence-electron chi connectivity index (χ0n) is 11.5. The first-order valence-corrected chi connectivity index (χ1v) is 6.71. The lowest BCUT2D eigenvalue weighted by molar-refractivity contribution is -0.384. The second-order valence-corrected chi connectivity index (χ2v) is 4.96. The average Bonchev–Trinajstić information content (AvgIpc) is 3.28. The van der Waals surface area contributed by atoms with Crippen molar-refractivity contribution in [1.82, 2.24) is 0 Å². The summed E-state index contributed by atoms with van der Waals surface area (Å²) in [4.78, 5) is 33.9. The van der Waals surface area contributed by atoms with Gasteiger partial charge in [0, 0.05) is 18.1 Å². The van der Waals surface area contributed by atoms with Gasteiger partial charge in [-0.2, -0.15) is 0 Å². The summed E-state index contributed by atoms with van der Waals surface area (Å²) in [7, 11) is 0. The molecule has 0 aliphatic heterocycles. The van der Waals surface area contributed by atoms with Crippen LogP contribution in [-0.4, -0.2) is 21.8 Å². The van der Waals surface area contributed by atoms with E-state index in [0.29, 0.717) is 30.4 Å². The van der Waals surface area contributed by atoms with Gasteiger partial charge >= 0.3 is 5.97 Å². The number of carboxylic acid groups (broad SMARTS) is 1. The third-order valence-electron chi connectivity index (χ3n) is 3.47. The van der Waals surface area contributed by atoms with Crippen LogP contribution in [0.25, 0.3) is 5.57 Å². The van der Waals surface area contributed by atoms with E-state index in [4.69, 9.17) is 0 Å². The first kappa shape index (κ1) is 14.9. The van der Waals surface area contributed by atoms with Crippen LogP contribution < -0.4 is 0 Å². The van der Waals surface area contributed by atoms with Crippen LogP contribution in [-0.2, 0) is 9.59 Å². The van der Waals surface area contributed by atoms with E-state index in [9.17, 15) is 24.8 Å². The van der Waals surface area contributed by atoms with Crippen molar-refractivity contribution in [3.05, 3.63) is 45.5 Å². The molecular weight excluding hydrogens is 274 g/mol. The molecule has 0 aromatic heterocycles. The molecule has 0 spiro atoms. The second kappa shape index (κ2) is 5.87. The Morgan fingerprint density at radius 3 is 2.52 bits per heavy atom. The van der Waals surface area contributed by atoms with Crippen molar-refractivity contribution in [2.24, 2.45) is 5.92 Å². The van der Waals surface area contributed by atoms with Crippen molar-refractivity contribution in [3.63, 3.8) is 0 Å². The Kier molecular flexibility index (Phi) is 4.16. The first-order valence-electron chi connectivity index (χ1n) is 6.71. The topological polar surface area (TPSA) is 97.5 Å². The largest absolute Gasteiger partial charge is 0.478 e. The number of carbonyl (C=O) groups is 2. The molecule has 0 atom stereocenters. The molecule has 2 rings (SSSR count). The van der Waals surface area contributed by atoms with E-state index in [1.165, 1.54) is 18.2 Å². The minimum absolute atomic E-state index is 0.123. The van der Waals surface area contributed by atoms with Crippen LogP contribution in [0.3, 0.4) is 0 Å². The van der Waals surface area contributed by atoms with Crippen molar-refractivity contribution in [2.45, 2.75) is 26.2 Å². The highest BCUT2D eigenvalue weighted by molar-refractivity contribution is 6.23. The molecule has 6 nitrogen and oxygen atoms in total. The second-order valence-electron chi connectivity index (χ2n) is 4.96. The Hall–Kier alpha value is -2.50. The molecule has 1 aliphatic rings. The normalized spacial score (nSPS) is 15.3. The number of nitrogens with zero attached hydrogens (tertiary/aromatic N) is 1. The SMILES string of the molecule is CCC(=C(C(=O)O)C(=O)C1CC1)c1cccc([N+](=O)[O-])c1. The molecule has 21 heavy (non-hydrogen) atoms. The number of aliphatic carboxylic acids is 1. The number of carboxylic acids is 1. The van der Waals surface area contributed by atoms with Gasteiger partial charge in [-0.05, 0) is 30.4 Å². The van der Waals surface area contributed by atoms with E-state index in [-0.39, 0.29) is 23.0 Å². The number of non-ortho nitro benzene ring substituents is 1. The molecular formula is C15H15NO5. The molecule has 1 fully saturated rings. The Bertz CT molecular complexity index is 643. The van der Waals surface area contributed by atoms with Crippen molar-refractivity contribution in [3.8, 4) is 0 Å². The summed E-state index contributed by atoms with van der Waals surface area (Å²) in [5.74, 6) is -1.85. The summed E-state index contributed by atoms with van der Waals surface area (Å²) in [6.07, 6.45) is 1.74. The van der Waals surface area contributed by atoms with Gasteiger partial charge in [0.1, 0.15) is 5.57 Å². The molecule has 0 bridgehead atoms. The molecule has 0 heterocycles. The van der Waals surface area contributed by atoms with Crippen LogP contribution in [0.2, 0.25) is 0 Å². The number of ketones is 1. The predicted molar refractivity (Wildman–Crippen MR) is 75.7 cm³/mol. The van der Waals surface area contributed by atoms with Gasteiger partial charge in [-0.1, -0.05) is 19.1 Å². The molecule has 1 aromatic carbocycles. The minimum Gasteiger partial charge on any atom is -0.478 e. The summed E-state index contributed by atoms with van der Waals surface area (Å²) in [6, 6.07) is 5.72. The number of Topliss-reactive ketones (excluding diaryl/α,β-unsaturated/α-hetero) is 1. The lowest BCUT2D eigenvalue weighted by Gasteiger charge is -2.10. The maximum Gasteiger partial charge on any atom is 0.339 e. The number of allylic oxidation sites excluding steroid dienone is 1. The van der Waals surface area contributed by atoms with Gasteiger partial charge in [0.05, 0.1) is 4.92 Å². The summed E-state index contributed by atoms with van der Waals surface area (Å²) < 4.78 is 0. The molecule has 1 aliphatic carbocycles. The van der Waals surface area contributed by atoms with E-state index in [1.807, 2.05) is 0 Å². The summed E-state index contributed by atoms with van der Waals surface area (Å²) >= 11 is 0. The molecule has 6 heteroatoms. The highest BCUT2D eigenvalue weighted by Crippen LogP contribution is 2.35. The predicted octanol–water partition coefficient (Wildman–Crippen LogP) is 2.82. The van der Waals surface area contributed by atoms with Crippen molar-refractivity contribution >= 4 is 23.0 Å². The van der Waals surface area contributed by atoms with Crippen LogP contribution >= 0.6 is 0 Å². The van der Waals surface area contributed by atoms with Crippen LogP contribution in [0, 0.1) is 16.0 Å². The number of benzene rings is 1. The van der Waals surface area contributed by atoms with Gasteiger partial charge in [-0.25, -0.2) is 4.79 Å². The highest BCUT2D eigenvalue weighted by Gasteiger charge is 2.36. The summed E-state index contributed by atoms with van der Waals surface area (Å²) in [5.41, 5.74) is 0.406. The Morgan fingerprint density at radius 2 is 2.05 bits per heavy atom. The standard InChI is InChI=1S/C15H15NO5/c1-2-12(10-4-3-5-11(8-10)16(20)21)13(15(18)19)14(17)9-6-7-9/h3-5,8-9H,2,6-7H2,1H3,(H,18,19). The van der Waals surface area contributed by atoms with Gasteiger partial charge < -0.3 is 5.11 Å². The quantitative estimate of drug-likeness (QED) is 0.285. The number of hydrogen-bond donors (Lipinski definition) is 1. The number of nitro groups is 1. The lowest BCUT2D eigenvalue weighted by atomic mass is 9.93. The lowest BCUT2D eigenvalue weighted by Crippen LogP contribution is -2.16. The minimum atomic E-state index is -1.27. The third-order valence-corrected chi connectivity index (χ3v) is 3.47. The molecule has 1 aromatic rings. The Balaban J connectivity index is 2.55. The monoisotopic (exact) mass is 289 g/mol. The van der Waals surface area contributed by atoms with Crippen molar-refractivity contribution in [1.29, 1.82) is 0 Å². The molecule has 0 saturated heterocycles. The van der Waals surface area contributed by atoms with Crippen LogP contribution in [0.5, 0.6) is 0 Å². The van der Waals surface area contributed by atoms with Gasteiger partial charge in [-0.3, -0.25) is 14.9 Å².